The summed E-state index contributed by atoms with van der Waals surface area (Å²) >= 11 is 1.09. The number of carbonyl (C=O) groups excluding carboxylic acids is 1. The number of aromatic carboxylic acids is 1. The predicted molar refractivity (Wildman–Crippen MR) is 116 cm³/mol. The van der Waals surface area contributed by atoms with E-state index in [1.165, 1.54) is 25.3 Å². The van der Waals surface area contributed by atoms with Gasteiger partial charge >= 0.3 is 5.97 Å². The number of rotatable bonds is 6. The summed E-state index contributed by atoms with van der Waals surface area (Å²) in [5.41, 5.74) is 1.95. The van der Waals surface area contributed by atoms with Crippen LogP contribution in [0.4, 0.5) is 10.1 Å². The molecular weight excluding hydrogens is 421 g/mol. The molecule has 0 spiro atoms. The summed E-state index contributed by atoms with van der Waals surface area (Å²) in [5, 5.41) is 12.6. The quantitative estimate of drug-likeness (QED) is 0.554. The maximum atomic E-state index is 13.9. The van der Waals surface area contributed by atoms with Crippen LogP contribution in [0.5, 0.6) is 11.5 Å². The number of thiophene rings is 1. The number of fused-ring (bicyclic) bond motifs is 1. The molecule has 0 saturated heterocycles. The second-order valence-electron chi connectivity index (χ2n) is 7.01. The lowest BCUT2D eigenvalue weighted by Gasteiger charge is -2.24. The summed E-state index contributed by atoms with van der Waals surface area (Å²) in [6.45, 7) is 2.35. The van der Waals surface area contributed by atoms with Crippen LogP contribution in [0.2, 0.25) is 0 Å². The number of methoxy groups -OCH3 is 1. The van der Waals surface area contributed by atoms with Crippen molar-refractivity contribution >= 4 is 28.9 Å². The third-order valence-corrected chi connectivity index (χ3v) is 6.39. The Balaban J connectivity index is 1.88. The number of carboxylic acids is 1. The zero-order valence-electron chi connectivity index (χ0n) is 16.9. The number of nitrogens with one attached hydrogen (secondary N) is 1. The van der Waals surface area contributed by atoms with Crippen LogP contribution in [0.1, 0.15) is 39.4 Å². The molecule has 0 radical (unpaired) electrons. The first-order valence-corrected chi connectivity index (χ1v) is 10.5. The molecule has 0 bridgehead atoms. The van der Waals surface area contributed by atoms with Gasteiger partial charge in [0.15, 0.2) is 11.5 Å². The van der Waals surface area contributed by atoms with Gasteiger partial charge in [-0.05, 0) is 42.3 Å². The van der Waals surface area contributed by atoms with Crippen LogP contribution in [0, 0.1) is 5.82 Å². The van der Waals surface area contributed by atoms with Crippen LogP contribution < -0.4 is 14.8 Å². The fourth-order valence-corrected chi connectivity index (χ4v) is 5.05. The Bertz CT molecular complexity index is 1170. The van der Waals surface area contributed by atoms with E-state index in [1.807, 2.05) is 13.0 Å². The number of carboxylic acid groups (broad SMARTS) is 1. The van der Waals surface area contributed by atoms with Crippen LogP contribution in [0.25, 0.3) is 11.1 Å². The fourth-order valence-electron chi connectivity index (χ4n) is 3.80. The van der Waals surface area contributed by atoms with Crippen molar-refractivity contribution < 1.29 is 28.6 Å². The largest absolute Gasteiger partial charge is 0.493 e. The molecule has 1 amide bonds. The second kappa shape index (κ2) is 8.39. The van der Waals surface area contributed by atoms with E-state index in [-0.39, 0.29) is 23.1 Å². The van der Waals surface area contributed by atoms with Crippen LogP contribution in [-0.2, 0) is 4.79 Å². The SMILES string of the molecule is CCOc1ccc(C2CC(=O)Nc3c2sc(C(=O)O)c3-c2cccc(F)c2)cc1OC. The highest BCUT2D eigenvalue weighted by Gasteiger charge is 2.35. The molecule has 2 heterocycles. The molecule has 6 nitrogen and oxygen atoms in total. The Labute approximate surface area is 182 Å². The first kappa shape index (κ1) is 20.9. The van der Waals surface area contributed by atoms with Crippen molar-refractivity contribution in [2.75, 3.05) is 19.0 Å². The highest BCUT2D eigenvalue weighted by Crippen LogP contribution is 2.50. The van der Waals surface area contributed by atoms with Gasteiger partial charge in [-0.1, -0.05) is 18.2 Å². The lowest BCUT2D eigenvalue weighted by molar-refractivity contribution is -0.116. The number of ether oxygens (including phenoxy) is 2. The maximum absolute atomic E-state index is 13.9. The van der Waals surface area contributed by atoms with E-state index in [9.17, 15) is 19.1 Å². The molecule has 0 aliphatic carbocycles. The number of amides is 1. The van der Waals surface area contributed by atoms with Gasteiger partial charge in [-0.25, -0.2) is 9.18 Å². The van der Waals surface area contributed by atoms with Crippen LogP contribution in [0.3, 0.4) is 0 Å². The van der Waals surface area contributed by atoms with E-state index in [0.29, 0.717) is 39.8 Å². The molecule has 8 heteroatoms. The number of carbonyl (C=O) groups is 2. The van der Waals surface area contributed by atoms with Crippen LogP contribution in [-0.4, -0.2) is 30.7 Å². The summed E-state index contributed by atoms with van der Waals surface area (Å²) in [6, 6.07) is 11.1. The molecule has 1 aliphatic heterocycles. The summed E-state index contributed by atoms with van der Waals surface area (Å²) < 4.78 is 24.9. The molecule has 1 aromatic heterocycles. The van der Waals surface area contributed by atoms with Gasteiger partial charge in [0.25, 0.3) is 0 Å². The second-order valence-corrected chi connectivity index (χ2v) is 8.06. The summed E-state index contributed by atoms with van der Waals surface area (Å²) in [4.78, 5) is 25.4. The molecule has 0 saturated carbocycles. The third kappa shape index (κ3) is 3.86. The summed E-state index contributed by atoms with van der Waals surface area (Å²) in [7, 11) is 1.54. The molecule has 3 aromatic rings. The van der Waals surface area contributed by atoms with E-state index < -0.39 is 11.8 Å². The summed E-state index contributed by atoms with van der Waals surface area (Å²) in [6.07, 6.45) is 0.159. The smallest absolute Gasteiger partial charge is 0.346 e. The molecule has 1 unspecified atom stereocenters. The van der Waals surface area contributed by atoms with Gasteiger partial charge in [-0.2, -0.15) is 0 Å². The number of hydrogen-bond acceptors (Lipinski definition) is 5. The number of halogens is 1. The van der Waals surface area contributed by atoms with Crippen molar-refractivity contribution in [1.82, 2.24) is 0 Å². The van der Waals surface area contributed by atoms with E-state index in [4.69, 9.17) is 9.47 Å². The zero-order valence-corrected chi connectivity index (χ0v) is 17.7. The van der Waals surface area contributed by atoms with E-state index >= 15 is 0 Å². The fraction of sp³-hybridized carbons (Fsp3) is 0.217. The van der Waals surface area contributed by atoms with Crippen LogP contribution in [0.15, 0.2) is 42.5 Å². The van der Waals surface area contributed by atoms with Crippen LogP contribution >= 0.6 is 11.3 Å². The Morgan fingerprint density at radius 2 is 2.06 bits per heavy atom. The number of anilines is 1. The minimum absolute atomic E-state index is 0.0562. The van der Waals surface area contributed by atoms with Gasteiger partial charge in [0.1, 0.15) is 10.7 Å². The van der Waals surface area contributed by atoms with Crippen molar-refractivity contribution in [1.29, 1.82) is 0 Å². The monoisotopic (exact) mass is 441 g/mol. The van der Waals surface area contributed by atoms with Crippen molar-refractivity contribution in [2.45, 2.75) is 19.3 Å². The van der Waals surface area contributed by atoms with Gasteiger partial charge in [0.2, 0.25) is 5.91 Å². The number of benzene rings is 2. The molecule has 1 atom stereocenters. The molecule has 160 valence electrons. The predicted octanol–water partition coefficient (Wildman–Crippen LogP) is 5.13. The molecule has 4 rings (SSSR count). The van der Waals surface area contributed by atoms with Gasteiger partial charge in [0.05, 0.1) is 19.4 Å². The molecule has 2 N–H and O–H groups in total. The first-order valence-electron chi connectivity index (χ1n) is 9.69. The van der Waals surface area contributed by atoms with Crippen molar-refractivity contribution in [3.05, 3.63) is 63.6 Å². The Morgan fingerprint density at radius 3 is 2.74 bits per heavy atom. The average molecular weight is 441 g/mol. The maximum Gasteiger partial charge on any atom is 0.346 e. The first-order chi connectivity index (χ1) is 14.9. The highest BCUT2D eigenvalue weighted by atomic mass is 32.1. The molecule has 31 heavy (non-hydrogen) atoms. The molecule has 2 aromatic carbocycles. The lowest BCUT2D eigenvalue weighted by Crippen LogP contribution is -2.22. The topological polar surface area (TPSA) is 84.9 Å². The van der Waals surface area contributed by atoms with E-state index in [2.05, 4.69) is 5.32 Å². The number of hydrogen-bond donors (Lipinski definition) is 2. The average Bonchev–Trinajstić information content (AvgIpc) is 3.13. The lowest BCUT2D eigenvalue weighted by atomic mass is 9.88. The van der Waals surface area contributed by atoms with Crippen molar-refractivity contribution in [2.24, 2.45) is 0 Å². The van der Waals surface area contributed by atoms with Gasteiger partial charge < -0.3 is 19.9 Å². The van der Waals surface area contributed by atoms with Gasteiger partial charge in [-0.15, -0.1) is 11.3 Å². The molecule has 1 aliphatic rings. The normalized spacial score (nSPS) is 15.2. The Hall–Kier alpha value is -3.39. The van der Waals surface area contributed by atoms with Gasteiger partial charge in [-0.3, -0.25) is 4.79 Å². The zero-order chi connectivity index (χ0) is 22.1. The van der Waals surface area contributed by atoms with Crippen molar-refractivity contribution in [3.8, 4) is 22.6 Å². The minimum atomic E-state index is -1.13. The standard InChI is InChI=1S/C23H20FNO5S/c1-3-30-16-8-7-12(10-17(16)29-2)15-11-18(26)25-20-19(13-5-4-6-14(24)9-13)22(23(27)28)31-21(15)20/h4-10,15H,3,11H2,1-2H3,(H,25,26)(H,27,28). The molecular formula is C23H20FNO5S. The Kier molecular flexibility index (Phi) is 5.65. The van der Waals surface area contributed by atoms with E-state index in [1.54, 1.807) is 18.2 Å². The minimum Gasteiger partial charge on any atom is -0.493 e. The molecule has 0 fully saturated rings. The highest BCUT2D eigenvalue weighted by molar-refractivity contribution is 7.15. The van der Waals surface area contributed by atoms with Crippen molar-refractivity contribution in [3.63, 3.8) is 0 Å². The Morgan fingerprint density at radius 1 is 1.26 bits per heavy atom. The van der Waals surface area contributed by atoms with Gasteiger partial charge in [0, 0.05) is 22.8 Å². The summed E-state index contributed by atoms with van der Waals surface area (Å²) in [5.74, 6) is -1.09. The third-order valence-electron chi connectivity index (χ3n) is 5.10. The van der Waals surface area contributed by atoms with E-state index in [0.717, 1.165) is 16.9 Å².